The third-order valence-corrected chi connectivity index (χ3v) is 4.50. The summed E-state index contributed by atoms with van der Waals surface area (Å²) in [7, 11) is 0. The Morgan fingerprint density at radius 2 is 1.85 bits per heavy atom. The molecule has 1 aliphatic rings. The second-order valence-electron chi connectivity index (χ2n) is 6.47. The number of hydrogen-bond acceptors (Lipinski definition) is 3. The molecule has 1 aromatic carbocycles. The molecule has 2 N–H and O–H groups in total. The fraction of sp³-hybridized carbons (Fsp3) is 0.450. The average Bonchev–Trinajstić information content (AvgIpc) is 2.67. The van der Waals surface area contributed by atoms with Crippen LogP contribution in [0, 0.1) is 5.92 Å². The van der Waals surface area contributed by atoms with Gasteiger partial charge in [-0.05, 0) is 38.3 Å². The highest BCUT2D eigenvalue weighted by atomic mass is 16.2. The van der Waals surface area contributed by atoms with E-state index in [4.69, 9.17) is 0 Å². The summed E-state index contributed by atoms with van der Waals surface area (Å²) in [5, 5.41) is 5.45. The first kappa shape index (κ1) is 19.7. The molecule has 3 amide bonds. The molecule has 1 saturated heterocycles. The minimum absolute atomic E-state index is 0.0385. The quantitative estimate of drug-likeness (QED) is 0.759. The largest absolute Gasteiger partial charge is 0.355 e. The lowest BCUT2D eigenvalue weighted by molar-refractivity contribution is -0.134. The van der Waals surface area contributed by atoms with Crippen LogP contribution in [0.4, 0.5) is 0 Å². The number of carbonyl (C=O) groups excluding carboxylic acids is 3. The summed E-state index contributed by atoms with van der Waals surface area (Å²) in [6.07, 6.45) is 4.60. The van der Waals surface area contributed by atoms with Gasteiger partial charge in [0.05, 0.1) is 0 Å². The van der Waals surface area contributed by atoms with Gasteiger partial charge in [-0.2, -0.15) is 0 Å². The molecule has 6 heteroatoms. The fourth-order valence-electron chi connectivity index (χ4n) is 2.92. The fourth-order valence-corrected chi connectivity index (χ4v) is 2.92. The lowest BCUT2D eigenvalue weighted by Crippen LogP contribution is -2.49. The molecule has 1 heterocycles. The van der Waals surface area contributed by atoms with Crippen molar-refractivity contribution < 1.29 is 14.4 Å². The topological polar surface area (TPSA) is 78.5 Å². The summed E-state index contributed by atoms with van der Waals surface area (Å²) in [6.45, 7) is 5.15. The number of carbonyl (C=O) groups is 3. The molecule has 0 aliphatic carbocycles. The Bertz CT molecular complexity index is 650. The number of amides is 3. The van der Waals surface area contributed by atoms with Gasteiger partial charge in [-0.25, -0.2) is 0 Å². The van der Waals surface area contributed by atoms with Gasteiger partial charge in [0, 0.05) is 31.6 Å². The van der Waals surface area contributed by atoms with E-state index in [0.29, 0.717) is 32.5 Å². The standard InChI is InChI=1S/C20H27N3O3/c1-3-21-19(25)15(2)22-20(26)17-11-13-23(14-12-17)18(24)10-9-16-7-5-4-6-8-16/h4-10,15,17H,3,11-14H2,1-2H3,(H,21,25)(H,22,26). The van der Waals surface area contributed by atoms with Gasteiger partial charge in [-0.15, -0.1) is 0 Å². The van der Waals surface area contributed by atoms with Crippen molar-refractivity contribution in [2.75, 3.05) is 19.6 Å². The first-order valence-electron chi connectivity index (χ1n) is 9.11. The minimum atomic E-state index is -0.545. The summed E-state index contributed by atoms with van der Waals surface area (Å²) < 4.78 is 0. The van der Waals surface area contributed by atoms with Crippen molar-refractivity contribution in [3.63, 3.8) is 0 Å². The smallest absolute Gasteiger partial charge is 0.246 e. The van der Waals surface area contributed by atoms with Crippen molar-refractivity contribution in [2.45, 2.75) is 32.7 Å². The van der Waals surface area contributed by atoms with Gasteiger partial charge in [-0.3, -0.25) is 14.4 Å². The van der Waals surface area contributed by atoms with Crippen LogP contribution in [-0.2, 0) is 14.4 Å². The molecule has 6 nitrogen and oxygen atoms in total. The molecule has 26 heavy (non-hydrogen) atoms. The summed E-state index contributed by atoms with van der Waals surface area (Å²) in [5.41, 5.74) is 0.981. The molecule has 1 atom stereocenters. The lowest BCUT2D eigenvalue weighted by atomic mass is 9.95. The maximum absolute atomic E-state index is 12.3. The zero-order valence-electron chi connectivity index (χ0n) is 15.4. The first-order valence-corrected chi connectivity index (χ1v) is 9.11. The number of hydrogen-bond donors (Lipinski definition) is 2. The van der Waals surface area contributed by atoms with E-state index in [-0.39, 0.29) is 23.6 Å². The number of rotatable bonds is 6. The molecule has 140 valence electrons. The van der Waals surface area contributed by atoms with Gasteiger partial charge in [-0.1, -0.05) is 30.3 Å². The zero-order chi connectivity index (χ0) is 18.9. The molecule has 0 aromatic heterocycles. The Morgan fingerprint density at radius 1 is 1.19 bits per heavy atom. The van der Waals surface area contributed by atoms with E-state index in [9.17, 15) is 14.4 Å². The minimum Gasteiger partial charge on any atom is -0.355 e. The molecule has 0 saturated carbocycles. The molecule has 0 spiro atoms. The van der Waals surface area contributed by atoms with Gasteiger partial charge in [0.2, 0.25) is 17.7 Å². The van der Waals surface area contributed by atoms with Gasteiger partial charge < -0.3 is 15.5 Å². The van der Waals surface area contributed by atoms with E-state index in [1.54, 1.807) is 24.0 Å². The van der Waals surface area contributed by atoms with Crippen molar-refractivity contribution in [3.8, 4) is 0 Å². The Hall–Kier alpha value is -2.63. The van der Waals surface area contributed by atoms with Crippen LogP contribution in [0.15, 0.2) is 36.4 Å². The van der Waals surface area contributed by atoms with Crippen molar-refractivity contribution in [1.29, 1.82) is 0 Å². The molecule has 0 radical (unpaired) electrons. The molecule has 1 aliphatic heterocycles. The predicted octanol–water partition coefficient (Wildman–Crippen LogP) is 1.58. The van der Waals surface area contributed by atoms with E-state index in [1.807, 2.05) is 37.3 Å². The molecule has 0 bridgehead atoms. The highest BCUT2D eigenvalue weighted by molar-refractivity contribution is 5.92. The first-order chi connectivity index (χ1) is 12.5. The van der Waals surface area contributed by atoms with E-state index in [2.05, 4.69) is 10.6 Å². The van der Waals surface area contributed by atoms with Crippen molar-refractivity contribution >= 4 is 23.8 Å². The monoisotopic (exact) mass is 357 g/mol. The van der Waals surface area contributed by atoms with Crippen molar-refractivity contribution in [1.82, 2.24) is 15.5 Å². The number of nitrogens with one attached hydrogen (secondary N) is 2. The number of likely N-dealkylation sites (N-methyl/N-ethyl adjacent to an activating group) is 1. The number of piperidine rings is 1. The van der Waals surface area contributed by atoms with Gasteiger partial charge in [0.15, 0.2) is 0 Å². The third-order valence-electron chi connectivity index (χ3n) is 4.50. The van der Waals surface area contributed by atoms with E-state index < -0.39 is 6.04 Å². The number of benzene rings is 1. The van der Waals surface area contributed by atoms with Crippen LogP contribution in [0.3, 0.4) is 0 Å². The predicted molar refractivity (Wildman–Crippen MR) is 101 cm³/mol. The summed E-state index contributed by atoms with van der Waals surface area (Å²) in [5.74, 6) is -0.493. The Kier molecular flexibility index (Phi) is 7.38. The van der Waals surface area contributed by atoms with Gasteiger partial charge >= 0.3 is 0 Å². The van der Waals surface area contributed by atoms with Crippen LogP contribution >= 0.6 is 0 Å². The van der Waals surface area contributed by atoms with Crippen LogP contribution in [0.25, 0.3) is 6.08 Å². The summed E-state index contributed by atoms with van der Waals surface area (Å²) in [6, 6.07) is 9.12. The van der Waals surface area contributed by atoms with Gasteiger partial charge in [0.25, 0.3) is 0 Å². The molecule has 1 fully saturated rings. The second kappa shape index (κ2) is 9.75. The van der Waals surface area contributed by atoms with Crippen LogP contribution in [0.5, 0.6) is 0 Å². The maximum atomic E-state index is 12.3. The lowest BCUT2D eigenvalue weighted by Gasteiger charge is -2.31. The number of nitrogens with zero attached hydrogens (tertiary/aromatic N) is 1. The SMILES string of the molecule is CCNC(=O)C(C)NC(=O)C1CCN(C(=O)C=Cc2ccccc2)CC1. The van der Waals surface area contributed by atoms with Crippen molar-refractivity contribution in [2.24, 2.45) is 5.92 Å². The average molecular weight is 357 g/mol. The molecule has 1 unspecified atom stereocenters. The van der Waals surface area contributed by atoms with E-state index >= 15 is 0 Å². The molecule has 1 aromatic rings. The van der Waals surface area contributed by atoms with Gasteiger partial charge in [0.1, 0.15) is 6.04 Å². The Labute approximate surface area is 154 Å². The second-order valence-corrected chi connectivity index (χ2v) is 6.47. The normalized spacial score (nSPS) is 16.3. The number of likely N-dealkylation sites (tertiary alicyclic amines) is 1. The van der Waals surface area contributed by atoms with E-state index in [0.717, 1.165) is 5.56 Å². The Morgan fingerprint density at radius 3 is 2.46 bits per heavy atom. The molecule has 2 rings (SSSR count). The third kappa shape index (κ3) is 5.72. The highest BCUT2D eigenvalue weighted by Gasteiger charge is 2.28. The zero-order valence-corrected chi connectivity index (χ0v) is 15.4. The summed E-state index contributed by atoms with van der Waals surface area (Å²) in [4.78, 5) is 38.0. The van der Waals surface area contributed by atoms with E-state index in [1.165, 1.54) is 0 Å². The van der Waals surface area contributed by atoms with Crippen LogP contribution in [0.1, 0.15) is 32.3 Å². The Balaban J connectivity index is 1.79. The van der Waals surface area contributed by atoms with Crippen LogP contribution < -0.4 is 10.6 Å². The highest BCUT2D eigenvalue weighted by Crippen LogP contribution is 2.18. The van der Waals surface area contributed by atoms with Crippen LogP contribution in [-0.4, -0.2) is 48.3 Å². The van der Waals surface area contributed by atoms with Crippen molar-refractivity contribution in [3.05, 3.63) is 42.0 Å². The summed E-state index contributed by atoms with van der Waals surface area (Å²) >= 11 is 0. The van der Waals surface area contributed by atoms with Crippen LogP contribution in [0.2, 0.25) is 0 Å². The molecular formula is C20H27N3O3. The molecular weight excluding hydrogens is 330 g/mol. The maximum Gasteiger partial charge on any atom is 0.246 e.